The van der Waals surface area contributed by atoms with Crippen LogP contribution >= 0.6 is 24.0 Å². The number of nitrogens with one attached hydrogen (secondary N) is 2. The predicted octanol–water partition coefficient (Wildman–Crippen LogP) is 3.48. The average Bonchev–Trinajstić information content (AvgIpc) is 2.78. The summed E-state index contributed by atoms with van der Waals surface area (Å²) in [4.78, 5) is 20.5. The van der Waals surface area contributed by atoms with Gasteiger partial charge in [-0.2, -0.15) is 0 Å². The summed E-state index contributed by atoms with van der Waals surface area (Å²) in [6.45, 7) is 6.66. The fourth-order valence-corrected chi connectivity index (χ4v) is 3.35. The molecule has 1 aliphatic heterocycles. The normalized spacial score (nSPS) is 13.9. The van der Waals surface area contributed by atoms with Crippen molar-refractivity contribution in [3.05, 3.63) is 54.1 Å². The van der Waals surface area contributed by atoms with Gasteiger partial charge in [-0.3, -0.25) is 5.32 Å². The Bertz CT molecular complexity index is 868. The van der Waals surface area contributed by atoms with E-state index >= 15 is 0 Å². The van der Waals surface area contributed by atoms with Crippen molar-refractivity contribution in [2.75, 3.05) is 50.1 Å². The Hall–Kier alpha value is -2.69. The molecule has 1 heterocycles. The van der Waals surface area contributed by atoms with Crippen molar-refractivity contribution in [3.8, 4) is 5.75 Å². The zero-order valence-electron chi connectivity index (χ0n) is 17.9. The summed E-state index contributed by atoms with van der Waals surface area (Å²) in [5.74, 6) is 1.20. The first-order chi connectivity index (χ1) is 14.6. The maximum atomic E-state index is 11.3. The fraction of sp³-hybridized carbons (Fsp3) is 0.364. The lowest BCUT2D eigenvalue weighted by molar-refractivity contribution is 0.187. The number of hydrogen-bond acceptors (Lipinski definition) is 5. The van der Waals surface area contributed by atoms with E-state index in [1.807, 2.05) is 42.5 Å². The van der Waals surface area contributed by atoms with Crippen molar-refractivity contribution in [3.63, 3.8) is 0 Å². The number of aliphatic imine (C=N–C) groups is 1. The Morgan fingerprint density at radius 1 is 1.10 bits per heavy atom. The quantitative estimate of drug-likeness (QED) is 0.307. The minimum Gasteiger partial charge on any atom is -0.506 e. The molecule has 168 valence electrons. The van der Waals surface area contributed by atoms with E-state index in [1.54, 1.807) is 6.07 Å². The van der Waals surface area contributed by atoms with Crippen LogP contribution in [0.15, 0.2) is 53.5 Å². The number of guanidine groups is 1. The number of piperazine rings is 1. The van der Waals surface area contributed by atoms with Gasteiger partial charge in [0.1, 0.15) is 5.75 Å². The molecule has 9 heteroatoms. The summed E-state index contributed by atoms with van der Waals surface area (Å²) in [7, 11) is 1.34. The number of para-hydroxylation sites is 2. The van der Waals surface area contributed by atoms with Crippen LogP contribution in [0.3, 0.4) is 0 Å². The lowest BCUT2D eigenvalue weighted by Crippen LogP contribution is -2.52. The zero-order chi connectivity index (χ0) is 21.3. The molecule has 1 aliphatic rings. The molecule has 0 unspecified atom stereocenters. The Morgan fingerprint density at radius 3 is 2.39 bits per heavy atom. The van der Waals surface area contributed by atoms with E-state index < -0.39 is 6.09 Å². The van der Waals surface area contributed by atoms with Gasteiger partial charge in [-0.05, 0) is 36.8 Å². The molecule has 0 aliphatic carbocycles. The maximum Gasteiger partial charge on any atom is 0.411 e. The van der Waals surface area contributed by atoms with Gasteiger partial charge in [-0.1, -0.05) is 24.3 Å². The molecule has 3 N–H and O–H groups in total. The van der Waals surface area contributed by atoms with Crippen LogP contribution in [0, 0.1) is 0 Å². The maximum absolute atomic E-state index is 11.3. The number of nitrogens with zero attached hydrogens (tertiary/aromatic N) is 3. The monoisotopic (exact) mass is 539 g/mol. The van der Waals surface area contributed by atoms with Gasteiger partial charge in [-0.25, -0.2) is 9.79 Å². The molecule has 1 fully saturated rings. The zero-order valence-corrected chi connectivity index (χ0v) is 20.2. The third-order valence-electron chi connectivity index (χ3n) is 4.93. The molecule has 2 aromatic carbocycles. The van der Waals surface area contributed by atoms with Crippen LogP contribution in [0.5, 0.6) is 5.75 Å². The molecule has 0 aromatic heterocycles. The van der Waals surface area contributed by atoms with Crippen LogP contribution in [0.2, 0.25) is 0 Å². The highest BCUT2D eigenvalue weighted by Crippen LogP contribution is 2.27. The molecule has 0 saturated carbocycles. The molecule has 0 radical (unpaired) electrons. The molecule has 3 rings (SSSR count). The first kappa shape index (κ1) is 24.6. The molecule has 2 aromatic rings. The molecule has 0 bridgehead atoms. The number of carbonyl (C=O) groups excluding carboxylic acids is 1. The number of hydrogen-bond donors (Lipinski definition) is 3. The van der Waals surface area contributed by atoms with Gasteiger partial charge in [0.05, 0.1) is 19.3 Å². The minimum absolute atomic E-state index is 0. The number of anilines is 2. The summed E-state index contributed by atoms with van der Waals surface area (Å²) in [6.07, 6.45) is -0.488. The van der Waals surface area contributed by atoms with E-state index in [-0.39, 0.29) is 24.0 Å². The first-order valence-corrected chi connectivity index (χ1v) is 10.1. The number of ether oxygens (including phenoxy) is 1. The highest BCUT2D eigenvalue weighted by Gasteiger charge is 2.21. The van der Waals surface area contributed by atoms with Crippen LogP contribution in [0.4, 0.5) is 16.2 Å². The van der Waals surface area contributed by atoms with Crippen LogP contribution in [-0.2, 0) is 11.3 Å². The molecule has 31 heavy (non-hydrogen) atoms. The first-order valence-electron chi connectivity index (χ1n) is 10.1. The number of methoxy groups -OCH3 is 1. The standard InChI is InChI=1S/C22H29N5O3.HI/c1-3-23-21(24-16-17-8-10-18(11-9-17)25-22(29)30-2)27-14-12-26(13-15-27)19-6-4-5-7-20(19)28;/h4-11,28H,3,12-16H2,1-2H3,(H,23,24)(H,25,29);1H. The van der Waals surface area contributed by atoms with E-state index in [1.165, 1.54) is 7.11 Å². The summed E-state index contributed by atoms with van der Waals surface area (Å²) < 4.78 is 4.60. The second-order valence-electron chi connectivity index (χ2n) is 6.95. The Balaban J connectivity index is 0.00000341. The minimum atomic E-state index is -0.488. The lowest BCUT2D eigenvalue weighted by atomic mass is 10.2. The van der Waals surface area contributed by atoms with Gasteiger partial charge in [0.15, 0.2) is 5.96 Å². The number of phenolic OH excluding ortho intramolecular Hbond substituents is 1. The molecule has 0 atom stereocenters. The third kappa shape index (κ3) is 6.91. The number of halogens is 1. The van der Waals surface area contributed by atoms with Crippen molar-refractivity contribution >= 4 is 47.4 Å². The topological polar surface area (TPSA) is 89.4 Å². The largest absolute Gasteiger partial charge is 0.506 e. The van der Waals surface area contributed by atoms with E-state index in [0.717, 1.165) is 49.9 Å². The van der Waals surface area contributed by atoms with Gasteiger partial charge in [0, 0.05) is 38.4 Å². The van der Waals surface area contributed by atoms with Gasteiger partial charge in [0.2, 0.25) is 0 Å². The van der Waals surface area contributed by atoms with Crippen LogP contribution in [-0.4, -0.2) is 61.9 Å². The summed E-state index contributed by atoms with van der Waals surface area (Å²) in [5, 5.41) is 16.1. The summed E-state index contributed by atoms with van der Waals surface area (Å²) in [5.41, 5.74) is 2.61. The van der Waals surface area contributed by atoms with Gasteiger partial charge < -0.3 is 25.0 Å². The Labute approximate surface area is 200 Å². The summed E-state index contributed by atoms with van der Waals surface area (Å²) in [6, 6.07) is 15.0. The number of carbonyl (C=O) groups is 1. The van der Waals surface area contributed by atoms with E-state index in [9.17, 15) is 9.90 Å². The molecule has 0 spiro atoms. The third-order valence-corrected chi connectivity index (χ3v) is 4.93. The van der Waals surface area contributed by atoms with Crippen LogP contribution in [0.1, 0.15) is 12.5 Å². The van der Waals surface area contributed by atoms with Crippen molar-refractivity contribution < 1.29 is 14.6 Å². The van der Waals surface area contributed by atoms with Gasteiger partial charge in [0.25, 0.3) is 0 Å². The molecule has 8 nitrogen and oxygen atoms in total. The van der Waals surface area contributed by atoms with Crippen molar-refractivity contribution in [2.24, 2.45) is 4.99 Å². The summed E-state index contributed by atoms with van der Waals surface area (Å²) >= 11 is 0. The predicted molar refractivity (Wildman–Crippen MR) is 135 cm³/mol. The number of benzene rings is 2. The molecule has 1 saturated heterocycles. The lowest BCUT2D eigenvalue weighted by Gasteiger charge is -2.37. The second-order valence-corrected chi connectivity index (χ2v) is 6.95. The van der Waals surface area contributed by atoms with Crippen molar-refractivity contribution in [1.82, 2.24) is 10.2 Å². The number of phenols is 1. The number of rotatable bonds is 5. The van der Waals surface area contributed by atoms with Gasteiger partial charge >= 0.3 is 6.09 Å². The van der Waals surface area contributed by atoms with Crippen LogP contribution in [0.25, 0.3) is 0 Å². The molecule has 1 amide bonds. The van der Waals surface area contributed by atoms with Crippen molar-refractivity contribution in [2.45, 2.75) is 13.5 Å². The van der Waals surface area contributed by atoms with E-state index in [0.29, 0.717) is 18.0 Å². The molecular formula is C22H30IN5O3. The average molecular weight is 539 g/mol. The fourth-order valence-electron chi connectivity index (χ4n) is 3.35. The van der Waals surface area contributed by atoms with Crippen LogP contribution < -0.4 is 15.5 Å². The van der Waals surface area contributed by atoms with Crippen molar-refractivity contribution in [1.29, 1.82) is 0 Å². The van der Waals surface area contributed by atoms with Gasteiger partial charge in [-0.15, -0.1) is 24.0 Å². The highest BCUT2D eigenvalue weighted by atomic mass is 127. The molecular weight excluding hydrogens is 509 g/mol. The number of amides is 1. The van der Waals surface area contributed by atoms with E-state index in [2.05, 4.69) is 32.1 Å². The Morgan fingerprint density at radius 2 is 1.77 bits per heavy atom. The Kier molecular flexibility index (Phi) is 9.70. The van der Waals surface area contributed by atoms with E-state index in [4.69, 9.17) is 4.99 Å². The highest BCUT2D eigenvalue weighted by molar-refractivity contribution is 14.0. The number of aromatic hydroxyl groups is 1. The smallest absolute Gasteiger partial charge is 0.411 e. The SMILES string of the molecule is CCNC(=NCc1ccc(NC(=O)OC)cc1)N1CCN(c2ccccc2O)CC1.I. The second kappa shape index (κ2) is 12.2.